The van der Waals surface area contributed by atoms with Crippen molar-refractivity contribution >= 4 is 40.6 Å². The first-order valence-electron chi connectivity index (χ1n) is 13.7. The minimum Gasteiger partial charge on any atom is -0.404 e. The Kier molecular flexibility index (Phi) is 8.47. The van der Waals surface area contributed by atoms with Crippen LogP contribution in [0.5, 0.6) is 5.75 Å². The third-order valence-electron chi connectivity index (χ3n) is 8.03. The Morgan fingerprint density at radius 3 is 2.15 bits per heavy atom. The number of carbonyl (C=O) groups excluding carboxylic acids is 1. The summed E-state index contributed by atoms with van der Waals surface area (Å²) in [5.41, 5.74) is 2.56. The van der Waals surface area contributed by atoms with Crippen molar-refractivity contribution in [3.8, 4) is 5.75 Å². The van der Waals surface area contributed by atoms with E-state index >= 15 is 0 Å². The summed E-state index contributed by atoms with van der Waals surface area (Å²) in [7, 11) is 0. The van der Waals surface area contributed by atoms with Crippen LogP contribution in [0.25, 0.3) is 0 Å². The summed E-state index contributed by atoms with van der Waals surface area (Å²) < 4.78 is 74.1. The summed E-state index contributed by atoms with van der Waals surface area (Å²) in [6.07, 6.45) is -1.39. The van der Waals surface area contributed by atoms with Gasteiger partial charge >= 0.3 is 6.36 Å². The first-order chi connectivity index (χ1) is 19.5. The Morgan fingerprint density at radius 2 is 1.51 bits per heavy atom. The summed E-state index contributed by atoms with van der Waals surface area (Å²) in [6, 6.07) is 9.08. The molecule has 2 heterocycles. The Morgan fingerprint density at radius 1 is 0.902 bits per heavy atom. The van der Waals surface area contributed by atoms with Crippen molar-refractivity contribution in [3.05, 3.63) is 42.0 Å². The molecule has 13 heteroatoms. The van der Waals surface area contributed by atoms with E-state index in [1.165, 1.54) is 41.8 Å². The van der Waals surface area contributed by atoms with Gasteiger partial charge in [-0.25, -0.2) is 8.78 Å². The molecule has 0 radical (unpaired) electrons. The first-order valence-corrected chi connectivity index (χ1v) is 14.7. The molecule has 41 heavy (non-hydrogen) atoms. The van der Waals surface area contributed by atoms with Crippen LogP contribution < -0.4 is 24.6 Å². The second-order valence-electron chi connectivity index (χ2n) is 10.9. The maximum Gasteiger partial charge on any atom is 0.573 e. The van der Waals surface area contributed by atoms with Crippen LogP contribution in [0.2, 0.25) is 0 Å². The summed E-state index contributed by atoms with van der Waals surface area (Å²) in [6.45, 7) is 1.33. The number of piperidine rings is 2. The van der Waals surface area contributed by atoms with E-state index in [4.69, 9.17) is 5.11 Å². The van der Waals surface area contributed by atoms with E-state index in [1.54, 1.807) is 12.1 Å². The van der Waals surface area contributed by atoms with Gasteiger partial charge in [0.1, 0.15) is 0 Å². The fraction of sp³-hybridized carbons (Fsp3) is 0.536. The molecule has 0 unspecified atom stereocenters. The average Bonchev–Trinajstić information content (AvgIpc) is 3.68. The van der Waals surface area contributed by atoms with Crippen LogP contribution in [0, 0.1) is 5.41 Å². The number of rotatable bonds is 9. The van der Waals surface area contributed by atoms with Crippen LogP contribution >= 0.6 is 11.9 Å². The Hall–Kier alpha value is -2.93. The van der Waals surface area contributed by atoms with Gasteiger partial charge < -0.3 is 29.7 Å². The quantitative estimate of drug-likeness (QED) is 0.172. The van der Waals surface area contributed by atoms with E-state index in [0.29, 0.717) is 16.7 Å². The monoisotopic (exact) mass is 600 g/mol. The molecular formula is C28H33F5N4O3S. The van der Waals surface area contributed by atoms with Gasteiger partial charge in [0.2, 0.25) is 0 Å². The highest BCUT2D eigenvalue weighted by Crippen LogP contribution is 2.54. The number of carbonyl (C=O) groups is 1. The van der Waals surface area contributed by atoms with Crippen molar-refractivity contribution in [2.24, 2.45) is 5.41 Å². The van der Waals surface area contributed by atoms with Crippen LogP contribution in [0.4, 0.5) is 44.7 Å². The average molecular weight is 601 g/mol. The zero-order valence-corrected chi connectivity index (χ0v) is 23.2. The third-order valence-corrected chi connectivity index (χ3v) is 8.79. The van der Waals surface area contributed by atoms with Gasteiger partial charge in [-0.05, 0) is 67.5 Å². The number of benzene rings is 2. The molecular weight excluding hydrogens is 567 g/mol. The first kappa shape index (κ1) is 29.6. The van der Waals surface area contributed by atoms with Gasteiger partial charge in [-0.15, -0.1) is 13.2 Å². The molecule has 2 aliphatic heterocycles. The molecule has 3 N–H and O–H groups in total. The molecule has 7 nitrogen and oxygen atoms in total. The second-order valence-corrected chi connectivity index (χ2v) is 11.8. The van der Waals surface area contributed by atoms with Crippen LogP contribution in [0.3, 0.4) is 0 Å². The highest BCUT2D eigenvalue weighted by atomic mass is 32.2. The Labute approximate surface area is 239 Å². The van der Waals surface area contributed by atoms with E-state index in [-0.39, 0.29) is 31.1 Å². The smallest absolute Gasteiger partial charge is 0.404 e. The summed E-state index contributed by atoms with van der Waals surface area (Å²) in [4.78, 5) is 17.2. The topological polar surface area (TPSA) is 77.1 Å². The number of nitrogens with one attached hydrogen (secondary N) is 2. The second kappa shape index (κ2) is 11.7. The van der Waals surface area contributed by atoms with E-state index in [1.807, 2.05) is 6.07 Å². The van der Waals surface area contributed by atoms with Gasteiger partial charge in [-0.1, -0.05) is 11.9 Å². The molecule has 3 aliphatic rings. The summed E-state index contributed by atoms with van der Waals surface area (Å²) in [5, 5.41) is 11.9. The van der Waals surface area contributed by atoms with E-state index < -0.39 is 36.8 Å². The van der Waals surface area contributed by atoms with Crippen molar-refractivity contribution in [2.45, 2.75) is 50.8 Å². The largest absolute Gasteiger partial charge is 0.573 e. The number of halogens is 5. The number of anilines is 4. The fourth-order valence-electron chi connectivity index (χ4n) is 5.45. The summed E-state index contributed by atoms with van der Waals surface area (Å²) >= 11 is 1.35. The SMILES string of the molecule is O=C(Nc1ccc(OC(F)(F)F)c(N2CCC(F)(F)CC2)c1)c1ccc(NSCCO)cc1N1CCC2(CC1)CC2. The molecule has 0 aromatic heterocycles. The molecule has 0 atom stereocenters. The predicted molar refractivity (Wildman–Crippen MR) is 150 cm³/mol. The molecule has 1 aliphatic carbocycles. The van der Waals surface area contributed by atoms with Crippen molar-refractivity contribution in [1.29, 1.82) is 0 Å². The Balaban J connectivity index is 1.39. The van der Waals surface area contributed by atoms with Gasteiger partial charge in [0.05, 0.1) is 23.5 Å². The van der Waals surface area contributed by atoms with Gasteiger partial charge in [-0.3, -0.25) is 4.79 Å². The molecule has 1 amide bonds. The third kappa shape index (κ3) is 7.48. The fourth-order valence-corrected chi connectivity index (χ4v) is 5.94. The van der Waals surface area contributed by atoms with Gasteiger partial charge in [-0.2, -0.15) is 0 Å². The van der Waals surface area contributed by atoms with Crippen LogP contribution in [0.1, 0.15) is 48.9 Å². The number of aliphatic hydroxyl groups excluding tert-OH is 1. The standard InChI is InChI=1S/C28H33F5N4O3S/c29-27(30)9-13-37(14-10-27)23-17-19(2-4-24(23)40-28(31,32)33)34-25(39)21-3-1-20(35-41-16-15-38)18-22(21)36-11-7-26(5-6-26)8-12-36/h1-4,17-18,35,38H,5-16H2,(H,34,39). The van der Waals surface area contributed by atoms with Crippen LogP contribution in [0.15, 0.2) is 36.4 Å². The zero-order valence-electron chi connectivity index (χ0n) is 22.4. The number of aliphatic hydroxyl groups is 1. The number of hydrogen-bond donors (Lipinski definition) is 3. The van der Waals surface area contributed by atoms with Crippen molar-refractivity contribution in [1.82, 2.24) is 0 Å². The van der Waals surface area contributed by atoms with E-state index in [9.17, 15) is 26.7 Å². The Bertz CT molecular complexity index is 1240. The minimum absolute atomic E-state index is 0.0120. The molecule has 2 aromatic rings. The number of ether oxygens (including phenoxy) is 1. The summed E-state index contributed by atoms with van der Waals surface area (Å²) in [5.74, 6) is -3.34. The molecule has 3 fully saturated rings. The maximum absolute atomic E-state index is 13.7. The maximum atomic E-state index is 13.7. The lowest BCUT2D eigenvalue weighted by atomic mass is 9.93. The van der Waals surface area contributed by atoms with Gasteiger partial charge in [0.15, 0.2) is 5.75 Å². The molecule has 2 aromatic carbocycles. The lowest BCUT2D eigenvalue weighted by molar-refractivity contribution is -0.274. The zero-order chi connectivity index (χ0) is 29.3. The number of amides is 1. The number of alkyl halides is 5. The molecule has 0 bridgehead atoms. The molecule has 224 valence electrons. The number of nitrogens with zero attached hydrogens (tertiary/aromatic N) is 2. The lowest BCUT2D eigenvalue weighted by Gasteiger charge is -2.35. The lowest BCUT2D eigenvalue weighted by Crippen LogP contribution is -2.39. The number of hydrogen-bond acceptors (Lipinski definition) is 7. The van der Waals surface area contributed by atoms with Crippen LogP contribution in [-0.2, 0) is 0 Å². The predicted octanol–water partition coefficient (Wildman–Crippen LogP) is 6.51. The van der Waals surface area contributed by atoms with Gasteiger partial charge in [0, 0.05) is 56.1 Å². The van der Waals surface area contributed by atoms with E-state index in [2.05, 4.69) is 19.7 Å². The van der Waals surface area contributed by atoms with Crippen LogP contribution in [-0.4, -0.2) is 61.8 Å². The molecule has 5 rings (SSSR count). The highest BCUT2D eigenvalue weighted by molar-refractivity contribution is 8.00. The van der Waals surface area contributed by atoms with Crippen molar-refractivity contribution in [3.63, 3.8) is 0 Å². The van der Waals surface area contributed by atoms with Gasteiger partial charge in [0.25, 0.3) is 11.8 Å². The van der Waals surface area contributed by atoms with E-state index in [0.717, 1.165) is 43.4 Å². The highest BCUT2D eigenvalue weighted by Gasteiger charge is 2.44. The van der Waals surface area contributed by atoms with Crippen molar-refractivity contribution in [2.75, 3.05) is 58.4 Å². The minimum atomic E-state index is -4.97. The molecule has 2 saturated heterocycles. The van der Waals surface area contributed by atoms with Crippen molar-refractivity contribution < 1.29 is 36.6 Å². The molecule has 1 saturated carbocycles. The normalized spacial score (nSPS) is 19.7. The molecule has 1 spiro atoms.